The summed E-state index contributed by atoms with van der Waals surface area (Å²) in [6, 6.07) is 7.96. The number of nitrogens with zero attached hydrogens (tertiary/aromatic N) is 2. The molecular formula is C22H16ClF3N4O2S. The molecule has 3 heterocycles. The van der Waals surface area contributed by atoms with E-state index < -0.39 is 22.7 Å². The second kappa shape index (κ2) is 8.95. The zero-order chi connectivity index (χ0) is 23.8. The summed E-state index contributed by atoms with van der Waals surface area (Å²) in [7, 11) is 0. The molecule has 11 heteroatoms. The number of ketones is 1. The zero-order valence-corrected chi connectivity index (χ0v) is 18.6. The van der Waals surface area contributed by atoms with Gasteiger partial charge in [0.1, 0.15) is 10.7 Å². The van der Waals surface area contributed by atoms with Gasteiger partial charge in [-0.3, -0.25) is 9.59 Å². The molecule has 0 aliphatic carbocycles. The van der Waals surface area contributed by atoms with Crippen molar-refractivity contribution in [1.29, 1.82) is 0 Å². The Morgan fingerprint density at radius 1 is 1.18 bits per heavy atom. The van der Waals surface area contributed by atoms with Gasteiger partial charge < -0.3 is 10.3 Å². The molecule has 1 amide bonds. The molecule has 0 fully saturated rings. The molecule has 6 nitrogen and oxygen atoms in total. The molecule has 0 aliphatic rings. The van der Waals surface area contributed by atoms with Crippen molar-refractivity contribution in [2.75, 3.05) is 5.32 Å². The molecular weight excluding hydrogens is 477 g/mol. The molecule has 4 aromatic rings. The number of rotatable bonds is 6. The highest BCUT2D eigenvalue weighted by Crippen LogP contribution is 2.35. The number of benzene rings is 1. The van der Waals surface area contributed by atoms with Gasteiger partial charge in [-0.05, 0) is 30.3 Å². The summed E-state index contributed by atoms with van der Waals surface area (Å²) >= 11 is 6.61. The predicted molar refractivity (Wildman–Crippen MR) is 120 cm³/mol. The van der Waals surface area contributed by atoms with E-state index in [-0.39, 0.29) is 28.8 Å². The first-order chi connectivity index (χ1) is 15.6. The van der Waals surface area contributed by atoms with Crippen molar-refractivity contribution < 1.29 is 22.8 Å². The molecule has 4 rings (SSSR count). The first-order valence-corrected chi connectivity index (χ1v) is 10.9. The SMILES string of the molecule is C[C@@H](CC(=O)c1ccc2[nH]ccc2c1)c1ncc(C(=O)Nc2cc(C(F)(F)F)c(Cl)cn2)s1. The normalized spacial score (nSPS) is 12.6. The van der Waals surface area contributed by atoms with E-state index in [4.69, 9.17) is 11.6 Å². The summed E-state index contributed by atoms with van der Waals surface area (Å²) in [5, 5.41) is 3.26. The summed E-state index contributed by atoms with van der Waals surface area (Å²) in [6.07, 6.45) is -0.532. The minimum atomic E-state index is -4.68. The van der Waals surface area contributed by atoms with Crippen molar-refractivity contribution in [3.05, 3.63) is 75.0 Å². The van der Waals surface area contributed by atoms with Crippen LogP contribution in [0.25, 0.3) is 10.9 Å². The Morgan fingerprint density at radius 2 is 1.97 bits per heavy atom. The van der Waals surface area contributed by atoms with E-state index in [9.17, 15) is 22.8 Å². The molecule has 1 aromatic carbocycles. The minimum absolute atomic E-state index is 0.0585. The predicted octanol–water partition coefficient (Wildman–Crippen LogP) is 6.32. The summed E-state index contributed by atoms with van der Waals surface area (Å²) in [6.45, 7) is 1.82. The van der Waals surface area contributed by atoms with E-state index in [0.717, 1.165) is 28.4 Å². The van der Waals surface area contributed by atoms with E-state index in [1.807, 2.05) is 25.1 Å². The van der Waals surface area contributed by atoms with Crippen LogP contribution in [-0.4, -0.2) is 26.6 Å². The van der Waals surface area contributed by atoms with Gasteiger partial charge in [-0.2, -0.15) is 13.2 Å². The van der Waals surface area contributed by atoms with Gasteiger partial charge in [0.2, 0.25) is 0 Å². The second-order valence-electron chi connectivity index (χ2n) is 7.37. The van der Waals surface area contributed by atoms with Crippen LogP contribution < -0.4 is 5.32 Å². The third-order valence-corrected chi connectivity index (χ3v) is 6.47. The van der Waals surface area contributed by atoms with Gasteiger partial charge in [0.15, 0.2) is 5.78 Å². The maximum atomic E-state index is 13.0. The molecule has 0 aliphatic heterocycles. The topological polar surface area (TPSA) is 87.7 Å². The average Bonchev–Trinajstić information content (AvgIpc) is 3.43. The van der Waals surface area contributed by atoms with Gasteiger partial charge in [0.05, 0.1) is 21.8 Å². The quantitative estimate of drug-likeness (QED) is 0.308. The van der Waals surface area contributed by atoms with Gasteiger partial charge in [0, 0.05) is 41.2 Å². The largest absolute Gasteiger partial charge is 0.418 e. The van der Waals surface area contributed by atoms with Crippen LogP contribution in [0.5, 0.6) is 0 Å². The van der Waals surface area contributed by atoms with E-state index in [1.165, 1.54) is 6.20 Å². The minimum Gasteiger partial charge on any atom is -0.361 e. The fourth-order valence-electron chi connectivity index (χ4n) is 3.23. The summed E-state index contributed by atoms with van der Waals surface area (Å²) < 4.78 is 39.0. The van der Waals surface area contributed by atoms with Gasteiger partial charge in [-0.15, -0.1) is 11.3 Å². The van der Waals surface area contributed by atoms with Crippen molar-refractivity contribution in [1.82, 2.24) is 15.0 Å². The van der Waals surface area contributed by atoms with Crippen molar-refractivity contribution in [3.8, 4) is 0 Å². The number of amides is 1. The highest BCUT2D eigenvalue weighted by Gasteiger charge is 2.34. The summed E-state index contributed by atoms with van der Waals surface area (Å²) in [5.41, 5.74) is 0.426. The maximum absolute atomic E-state index is 13.0. The number of carbonyl (C=O) groups excluding carboxylic acids is 2. The Kier molecular flexibility index (Phi) is 6.22. The standard InChI is InChI=1S/C22H16ClF3N4O2S/c1-11(6-17(31)13-2-3-16-12(7-13)4-5-27-16)21-29-10-18(33-21)20(32)30-19-8-14(22(24,25)26)15(23)9-28-19/h2-5,7-11,27H,6H2,1H3,(H,28,30,32)/t11-/m0/s1. The number of Topliss-reactive ketones (excluding diaryl/α,β-unsaturated/α-hetero) is 1. The molecule has 2 N–H and O–H groups in total. The van der Waals surface area contributed by atoms with Gasteiger partial charge in [-0.25, -0.2) is 9.97 Å². The van der Waals surface area contributed by atoms with Crippen molar-refractivity contribution >= 4 is 51.3 Å². The van der Waals surface area contributed by atoms with Crippen LogP contribution in [-0.2, 0) is 6.18 Å². The number of alkyl halides is 3. The van der Waals surface area contributed by atoms with E-state index in [0.29, 0.717) is 16.6 Å². The Morgan fingerprint density at radius 3 is 2.73 bits per heavy atom. The van der Waals surface area contributed by atoms with Gasteiger partial charge in [0.25, 0.3) is 5.91 Å². The highest BCUT2D eigenvalue weighted by molar-refractivity contribution is 7.13. The lowest BCUT2D eigenvalue weighted by Crippen LogP contribution is -2.13. The van der Waals surface area contributed by atoms with E-state index in [2.05, 4.69) is 20.3 Å². The zero-order valence-electron chi connectivity index (χ0n) is 17.0. The van der Waals surface area contributed by atoms with Crippen LogP contribution in [0.1, 0.15) is 49.9 Å². The molecule has 0 saturated heterocycles. The number of fused-ring (bicyclic) bond motifs is 1. The number of hydrogen-bond acceptors (Lipinski definition) is 5. The molecule has 0 saturated carbocycles. The lowest BCUT2D eigenvalue weighted by molar-refractivity contribution is -0.137. The lowest BCUT2D eigenvalue weighted by atomic mass is 9.99. The molecule has 33 heavy (non-hydrogen) atoms. The van der Waals surface area contributed by atoms with Gasteiger partial charge >= 0.3 is 6.18 Å². The molecule has 0 unspecified atom stereocenters. The monoisotopic (exact) mass is 492 g/mol. The van der Waals surface area contributed by atoms with Crippen molar-refractivity contribution in [2.24, 2.45) is 0 Å². The Hall–Kier alpha value is -3.24. The van der Waals surface area contributed by atoms with Crippen molar-refractivity contribution in [3.63, 3.8) is 0 Å². The van der Waals surface area contributed by atoms with Crippen LogP contribution in [0.15, 0.2) is 48.9 Å². The fourth-order valence-corrected chi connectivity index (χ4v) is 4.31. The van der Waals surface area contributed by atoms with Crippen LogP contribution in [0.4, 0.5) is 19.0 Å². The van der Waals surface area contributed by atoms with Crippen LogP contribution in [0.2, 0.25) is 5.02 Å². The Bertz CT molecular complexity index is 1350. The summed E-state index contributed by atoms with van der Waals surface area (Å²) in [5.74, 6) is -1.25. The number of anilines is 1. The number of pyridine rings is 1. The smallest absolute Gasteiger partial charge is 0.361 e. The lowest BCUT2D eigenvalue weighted by Gasteiger charge is -2.10. The third kappa shape index (κ3) is 5.07. The summed E-state index contributed by atoms with van der Waals surface area (Å²) in [4.78, 5) is 36.4. The second-order valence-corrected chi connectivity index (χ2v) is 8.84. The number of thiazole rings is 1. The van der Waals surface area contributed by atoms with Crippen molar-refractivity contribution in [2.45, 2.75) is 25.4 Å². The Balaban J connectivity index is 1.43. The number of halogens is 4. The van der Waals surface area contributed by atoms with E-state index in [1.54, 1.807) is 12.3 Å². The number of H-pyrrole nitrogens is 1. The first-order valence-electron chi connectivity index (χ1n) is 9.72. The molecule has 170 valence electrons. The molecule has 0 radical (unpaired) electrons. The maximum Gasteiger partial charge on any atom is 0.418 e. The number of nitrogens with one attached hydrogen (secondary N) is 2. The molecule has 3 aromatic heterocycles. The average molecular weight is 493 g/mol. The third-order valence-electron chi connectivity index (χ3n) is 4.94. The number of carbonyl (C=O) groups is 2. The molecule has 0 bridgehead atoms. The van der Waals surface area contributed by atoms with E-state index >= 15 is 0 Å². The van der Waals surface area contributed by atoms with Crippen LogP contribution >= 0.6 is 22.9 Å². The van der Waals surface area contributed by atoms with Crippen LogP contribution in [0, 0.1) is 0 Å². The molecule has 1 atom stereocenters. The number of hydrogen-bond donors (Lipinski definition) is 2. The fraction of sp³-hybridized carbons (Fsp3) is 0.182. The highest BCUT2D eigenvalue weighted by atomic mass is 35.5. The van der Waals surface area contributed by atoms with Crippen LogP contribution in [0.3, 0.4) is 0 Å². The number of aromatic amines is 1. The Labute approximate surface area is 194 Å². The van der Waals surface area contributed by atoms with Gasteiger partial charge in [-0.1, -0.05) is 18.5 Å². The number of aromatic nitrogens is 3. The molecule has 0 spiro atoms. The first kappa shape index (κ1) is 22.9.